The van der Waals surface area contributed by atoms with E-state index >= 15 is 0 Å². The molecule has 0 spiro atoms. The second-order valence-electron chi connectivity index (χ2n) is 3.46. The van der Waals surface area contributed by atoms with E-state index in [-0.39, 0.29) is 0 Å². The van der Waals surface area contributed by atoms with E-state index in [1.165, 1.54) is 31.0 Å². The van der Waals surface area contributed by atoms with Gasteiger partial charge >= 0.3 is 0 Å². The Bertz CT molecular complexity index is 463. The molecule has 1 aromatic rings. The average molecular weight is 260 g/mol. The summed E-state index contributed by atoms with van der Waals surface area (Å²) in [6, 6.07) is 1.64. The zero-order valence-electron chi connectivity index (χ0n) is 10.0. The van der Waals surface area contributed by atoms with Gasteiger partial charge in [0.25, 0.3) is 0 Å². The average Bonchev–Trinajstić information content (AvgIpc) is 2.28. The van der Waals surface area contributed by atoms with E-state index < -0.39 is 10.0 Å². The number of likely N-dealkylation sites (N-methyl/N-ethyl adjacent to an activating group) is 1. The van der Waals surface area contributed by atoms with Crippen LogP contribution in [0.4, 0.5) is 5.82 Å². The topological polar surface area (TPSA) is 84.4 Å². The van der Waals surface area contributed by atoms with Gasteiger partial charge in [-0.15, -0.1) is 0 Å². The van der Waals surface area contributed by atoms with Gasteiger partial charge in [-0.2, -0.15) is 0 Å². The number of rotatable bonds is 6. The molecule has 0 aliphatic rings. The summed E-state index contributed by atoms with van der Waals surface area (Å²) in [5.74, 6) is 1.05. The van der Waals surface area contributed by atoms with Gasteiger partial charge < -0.3 is 10.1 Å². The molecule has 0 amide bonds. The summed E-state index contributed by atoms with van der Waals surface area (Å²) in [5, 5.41) is 2.99. The van der Waals surface area contributed by atoms with Crippen molar-refractivity contribution in [1.29, 1.82) is 0 Å². The first kappa shape index (κ1) is 13.7. The van der Waals surface area contributed by atoms with Crippen LogP contribution in [0.3, 0.4) is 0 Å². The minimum Gasteiger partial charge on any atom is -0.481 e. The molecule has 1 heterocycles. The molecule has 0 bridgehead atoms. The van der Waals surface area contributed by atoms with Crippen LogP contribution in [-0.2, 0) is 10.0 Å². The molecule has 0 aliphatic heterocycles. The summed E-state index contributed by atoms with van der Waals surface area (Å²) in [5.41, 5.74) is 0. The largest absolute Gasteiger partial charge is 0.481 e. The number of methoxy groups -OCH3 is 1. The number of sulfonamides is 1. The lowest BCUT2D eigenvalue weighted by Crippen LogP contribution is -2.30. The minimum atomic E-state index is -3.13. The number of aromatic nitrogens is 2. The van der Waals surface area contributed by atoms with Crippen LogP contribution < -0.4 is 10.1 Å². The summed E-state index contributed by atoms with van der Waals surface area (Å²) in [7, 11) is -0.0914. The van der Waals surface area contributed by atoms with Crippen LogP contribution in [0.15, 0.2) is 12.4 Å². The van der Waals surface area contributed by atoms with Gasteiger partial charge in [0.15, 0.2) is 0 Å². The fourth-order valence-corrected chi connectivity index (χ4v) is 1.48. The highest BCUT2D eigenvalue weighted by atomic mass is 32.2. The summed E-state index contributed by atoms with van der Waals surface area (Å²) in [6.45, 7) is 0.828. The third-order valence-electron chi connectivity index (χ3n) is 2.15. The zero-order valence-corrected chi connectivity index (χ0v) is 10.9. The van der Waals surface area contributed by atoms with Crippen LogP contribution in [0.5, 0.6) is 5.88 Å². The smallest absolute Gasteiger partial charge is 0.218 e. The van der Waals surface area contributed by atoms with Gasteiger partial charge in [-0.05, 0) is 0 Å². The lowest BCUT2D eigenvalue weighted by molar-refractivity contribution is 0.397. The van der Waals surface area contributed by atoms with Gasteiger partial charge in [0.1, 0.15) is 12.1 Å². The Balaban J connectivity index is 2.46. The minimum absolute atomic E-state index is 0.366. The van der Waals surface area contributed by atoms with E-state index in [0.29, 0.717) is 24.8 Å². The molecule has 8 heteroatoms. The van der Waals surface area contributed by atoms with Gasteiger partial charge in [-0.3, -0.25) is 0 Å². The predicted octanol–water partition coefficient (Wildman–Crippen LogP) is -0.211. The Kier molecular flexibility index (Phi) is 4.64. The lowest BCUT2D eigenvalue weighted by Gasteiger charge is -2.14. The molecule has 17 heavy (non-hydrogen) atoms. The van der Waals surface area contributed by atoms with Crippen molar-refractivity contribution < 1.29 is 13.2 Å². The first-order chi connectivity index (χ1) is 7.93. The SMILES string of the molecule is COc1cc(NCCN(C)S(C)(=O)=O)ncn1. The molecule has 0 unspecified atom stereocenters. The predicted molar refractivity (Wildman–Crippen MR) is 64.5 cm³/mol. The first-order valence-electron chi connectivity index (χ1n) is 4.94. The molecule has 1 aromatic heterocycles. The first-order valence-corrected chi connectivity index (χ1v) is 6.79. The fourth-order valence-electron chi connectivity index (χ4n) is 1.06. The number of hydrogen-bond donors (Lipinski definition) is 1. The maximum atomic E-state index is 11.1. The fraction of sp³-hybridized carbons (Fsp3) is 0.556. The summed E-state index contributed by atoms with van der Waals surface area (Å²) in [4.78, 5) is 7.84. The summed E-state index contributed by atoms with van der Waals surface area (Å²) < 4.78 is 28.5. The Morgan fingerprint density at radius 1 is 1.47 bits per heavy atom. The second kappa shape index (κ2) is 5.78. The van der Waals surface area contributed by atoms with Crippen molar-refractivity contribution in [3.63, 3.8) is 0 Å². The quantitative estimate of drug-likeness (QED) is 0.761. The van der Waals surface area contributed by atoms with E-state index in [0.717, 1.165) is 0 Å². The number of nitrogens with one attached hydrogen (secondary N) is 1. The van der Waals surface area contributed by atoms with Crippen LogP contribution in [0.25, 0.3) is 0 Å². The maximum Gasteiger partial charge on any atom is 0.218 e. The van der Waals surface area contributed by atoms with Gasteiger partial charge in [-0.1, -0.05) is 0 Å². The summed E-state index contributed by atoms with van der Waals surface area (Å²) >= 11 is 0. The monoisotopic (exact) mass is 260 g/mol. The van der Waals surface area contributed by atoms with E-state index in [2.05, 4.69) is 15.3 Å². The number of anilines is 1. The standard InChI is InChI=1S/C9H16N4O3S/c1-13(17(3,14)15)5-4-10-8-6-9(16-2)12-7-11-8/h6-7H,4-5H2,1-3H3,(H,10,11,12). The van der Waals surface area contributed by atoms with E-state index in [1.807, 2.05) is 0 Å². The van der Waals surface area contributed by atoms with Crippen molar-refractivity contribution in [2.24, 2.45) is 0 Å². The Labute approximate surface area is 101 Å². The number of nitrogens with zero attached hydrogens (tertiary/aromatic N) is 3. The molecule has 1 rings (SSSR count). The Morgan fingerprint density at radius 3 is 2.76 bits per heavy atom. The molecule has 0 atom stereocenters. The number of hydrogen-bond acceptors (Lipinski definition) is 6. The van der Waals surface area contributed by atoms with Gasteiger partial charge in [0.05, 0.1) is 13.4 Å². The van der Waals surface area contributed by atoms with Crippen LogP contribution in [-0.4, -0.2) is 56.2 Å². The van der Waals surface area contributed by atoms with Crippen LogP contribution >= 0.6 is 0 Å². The van der Waals surface area contributed by atoms with Crippen LogP contribution in [0.1, 0.15) is 0 Å². The highest BCUT2D eigenvalue weighted by Crippen LogP contribution is 2.09. The van der Waals surface area contributed by atoms with Gasteiger partial charge in [0.2, 0.25) is 15.9 Å². The molecular formula is C9H16N4O3S. The van der Waals surface area contributed by atoms with E-state index in [9.17, 15) is 8.42 Å². The van der Waals surface area contributed by atoms with Crippen molar-refractivity contribution in [2.75, 3.05) is 38.8 Å². The molecule has 1 N–H and O–H groups in total. The normalized spacial score (nSPS) is 11.5. The zero-order chi connectivity index (χ0) is 12.9. The Morgan fingerprint density at radius 2 is 2.18 bits per heavy atom. The van der Waals surface area contributed by atoms with Crippen molar-refractivity contribution >= 4 is 15.8 Å². The number of ether oxygens (including phenoxy) is 1. The van der Waals surface area contributed by atoms with Crippen LogP contribution in [0, 0.1) is 0 Å². The molecule has 0 saturated carbocycles. The lowest BCUT2D eigenvalue weighted by atomic mass is 10.5. The second-order valence-corrected chi connectivity index (χ2v) is 5.55. The van der Waals surface area contributed by atoms with Gasteiger partial charge in [-0.25, -0.2) is 22.7 Å². The Hall–Kier alpha value is -1.41. The van der Waals surface area contributed by atoms with E-state index in [1.54, 1.807) is 6.07 Å². The van der Waals surface area contributed by atoms with Crippen LogP contribution in [0.2, 0.25) is 0 Å². The van der Waals surface area contributed by atoms with Crippen molar-refractivity contribution in [3.05, 3.63) is 12.4 Å². The maximum absolute atomic E-state index is 11.1. The highest BCUT2D eigenvalue weighted by Gasteiger charge is 2.09. The molecule has 7 nitrogen and oxygen atoms in total. The third kappa shape index (κ3) is 4.53. The molecule has 0 aliphatic carbocycles. The highest BCUT2D eigenvalue weighted by molar-refractivity contribution is 7.88. The molecule has 0 fully saturated rings. The van der Waals surface area contributed by atoms with E-state index in [4.69, 9.17) is 4.74 Å². The van der Waals surface area contributed by atoms with Crippen molar-refractivity contribution in [1.82, 2.24) is 14.3 Å². The molecule has 0 radical (unpaired) electrons. The van der Waals surface area contributed by atoms with Crippen molar-refractivity contribution in [2.45, 2.75) is 0 Å². The molecule has 0 saturated heterocycles. The molecular weight excluding hydrogens is 244 g/mol. The summed E-state index contributed by atoms with van der Waals surface area (Å²) in [6.07, 6.45) is 2.54. The van der Waals surface area contributed by atoms with Crippen molar-refractivity contribution in [3.8, 4) is 5.88 Å². The van der Waals surface area contributed by atoms with Gasteiger partial charge in [0, 0.05) is 26.2 Å². The third-order valence-corrected chi connectivity index (χ3v) is 3.46. The molecule has 0 aromatic carbocycles. The molecule has 96 valence electrons.